The predicted molar refractivity (Wildman–Crippen MR) is 268 cm³/mol. The number of para-hydroxylation sites is 2. The minimum absolute atomic E-state index is 0.0294. The van der Waals surface area contributed by atoms with Crippen molar-refractivity contribution in [2.45, 2.75) is 45.8 Å². The van der Waals surface area contributed by atoms with Crippen molar-refractivity contribution in [3.05, 3.63) is 135 Å². The van der Waals surface area contributed by atoms with Gasteiger partial charge in [0.15, 0.2) is 17.7 Å². The van der Waals surface area contributed by atoms with Gasteiger partial charge in [0.25, 0.3) is 17.4 Å². The van der Waals surface area contributed by atoms with Gasteiger partial charge in [-0.2, -0.15) is 9.55 Å². The number of hydrogen-bond acceptors (Lipinski definition) is 17. The molecule has 7 rings (SSSR count). The smallest absolute Gasteiger partial charge is 0.345 e. The molecule has 3 amide bonds. The van der Waals surface area contributed by atoms with Crippen molar-refractivity contribution in [3.8, 4) is 5.75 Å². The molecule has 74 heavy (non-hydrogen) atoms. The second-order valence-electron chi connectivity index (χ2n) is 16.8. The Morgan fingerprint density at radius 3 is 2.07 bits per heavy atom. The van der Waals surface area contributed by atoms with E-state index in [1.165, 1.54) is 18.3 Å². The number of esters is 1. The zero-order valence-electron chi connectivity index (χ0n) is 40.1. The highest BCUT2D eigenvalue weighted by Gasteiger charge is 2.27. The number of carboxylic acid groups (broad SMARTS) is 1. The van der Waals surface area contributed by atoms with Crippen molar-refractivity contribution in [2.24, 2.45) is 0 Å². The van der Waals surface area contributed by atoms with Gasteiger partial charge in [-0.25, -0.2) is 28.0 Å². The number of aromatic amines is 1. The highest BCUT2D eigenvalue weighted by Crippen LogP contribution is 2.30. The van der Waals surface area contributed by atoms with Gasteiger partial charge in [0.05, 0.1) is 77.7 Å². The molecule has 0 fully saturated rings. The topological polar surface area (TPSA) is 340 Å². The SMILES string of the molecule is Cc1cc(C(=O)NCCOCCOCCNC(=O)CC(NC(=O)c2ccc(NCc3cnc4nc(N)[nH]c(=O)c4n3)cc2)C(=O)O)cc(C)c1OC(=O)c1c2ccccc2[n+](CCCS(=O)(=O)[O-])c2ccccc12. The van der Waals surface area contributed by atoms with Crippen LogP contribution in [0.25, 0.3) is 33.0 Å². The lowest BCUT2D eigenvalue weighted by atomic mass is 10.0. The first kappa shape index (κ1) is 53.4. The minimum Gasteiger partial charge on any atom is -0.748 e. The molecule has 0 saturated carbocycles. The third-order valence-electron chi connectivity index (χ3n) is 11.4. The number of nitrogens with one attached hydrogen (secondary N) is 5. The molecule has 23 nitrogen and oxygen atoms in total. The number of carbonyl (C=O) groups excluding carboxylic acids is 4. The summed E-state index contributed by atoms with van der Waals surface area (Å²) in [5, 5.41) is 21.7. The van der Waals surface area contributed by atoms with Crippen molar-refractivity contribution in [3.63, 3.8) is 0 Å². The number of rotatable bonds is 24. The van der Waals surface area contributed by atoms with Crippen molar-refractivity contribution < 1.29 is 60.8 Å². The van der Waals surface area contributed by atoms with E-state index in [2.05, 4.69) is 41.2 Å². The largest absolute Gasteiger partial charge is 0.748 e. The molecule has 3 heterocycles. The first-order chi connectivity index (χ1) is 35.4. The van der Waals surface area contributed by atoms with E-state index in [4.69, 9.17) is 19.9 Å². The Morgan fingerprint density at radius 1 is 0.824 bits per heavy atom. The fourth-order valence-corrected chi connectivity index (χ4v) is 8.46. The maximum atomic E-state index is 14.0. The molecule has 386 valence electrons. The van der Waals surface area contributed by atoms with E-state index in [1.54, 1.807) is 74.5 Å². The highest BCUT2D eigenvalue weighted by atomic mass is 32.2. The lowest BCUT2D eigenvalue weighted by Gasteiger charge is -2.15. The van der Waals surface area contributed by atoms with Crippen LogP contribution in [0.3, 0.4) is 0 Å². The molecule has 0 aliphatic rings. The highest BCUT2D eigenvalue weighted by molar-refractivity contribution is 7.85. The van der Waals surface area contributed by atoms with E-state index >= 15 is 0 Å². The summed E-state index contributed by atoms with van der Waals surface area (Å²) in [7, 11) is -4.41. The van der Waals surface area contributed by atoms with Gasteiger partial charge in [-0.15, -0.1) is 0 Å². The van der Waals surface area contributed by atoms with Gasteiger partial charge >= 0.3 is 11.9 Å². The number of carbonyl (C=O) groups is 5. The van der Waals surface area contributed by atoms with Crippen LogP contribution in [0.1, 0.15) is 60.7 Å². The number of aryl methyl sites for hydroxylation is 3. The molecule has 24 heteroatoms. The van der Waals surface area contributed by atoms with Crippen LogP contribution >= 0.6 is 0 Å². The van der Waals surface area contributed by atoms with E-state index in [9.17, 15) is 46.8 Å². The number of aliphatic carboxylic acids is 1. The number of nitrogen functional groups attached to an aromatic ring is 1. The number of aromatic nitrogens is 5. The van der Waals surface area contributed by atoms with Crippen molar-refractivity contribution >= 4 is 84.4 Å². The number of hydrogen-bond donors (Lipinski definition) is 7. The molecule has 3 aromatic heterocycles. The third kappa shape index (κ3) is 13.9. The van der Waals surface area contributed by atoms with Gasteiger partial charge in [0.1, 0.15) is 11.8 Å². The van der Waals surface area contributed by atoms with Crippen LogP contribution in [0.4, 0.5) is 11.6 Å². The molecule has 0 aliphatic carbocycles. The average Bonchev–Trinajstić information content (AvgIpc) is 3.36. The maximum Gasteiger partial charge on any atom is 0.345 e. The summed E-state index contributed by atoms with van der Waals surface area (Å²) in [6, 6.07) is 22.2. The molecule has 0 saturated heterocycles. The number of nitrogens with zero attached hydrogens (tertiary/aromatic N) is 4. The molecule has 0 bridgehead atoms. The second kappa shape index (κ2) is 24.3. The molecule has 0 spiro atoms. The molecular formula is C50H52N10O13S. The molecule has 0 aliphatic heterocycles. The first-order valence-corrected chi connectivity index (χ1v) is 24.7. The van der Waals surface area contributed by atoms with Gasteiger partial charge in [0.2, 0.25) is 22.9 Å². The summed E-state index contributed by atoms with van der Waals surface area (Å²) in [4.78, 5) is 91.2. The number of H-pyrrole nitrogens is 1. The van der Waals surface area contributed by atoms with E-state index in [0.717, 1.165) is 0 Å². The fraction of sp³-hybridized carbons (Fsp3) is 0.280. The van der Waals surface area contributed by atoms with Crippen molar-refractivity contribution in [1.29, 1.82) is 0 Å². The Morgan fingerprint density at radius 2 is 1.45 bits per heavy atom. The second-order valence-corrected chi connectivity index (χ2v) is 18.3. The Balaban J connectivity index is 0.791. The molecule has 7 aromatic rings. The van der Waals surface area contributed by atoms with Gasteiger partial charge in [-0.05, 0) is 73.5 Å². The summed E-state index contributed by atoms with van der Waals surface area (Å²) in [5.74, 6) is -4.02. The normalized spacial score (nSPS) is 11.8. The van der Waals surface area contributed by atoms with Crippen LogP contribution in [0, 0.1) is 13.8 Å². The molecule has 1 atom stereocenters. The van der Waals surface area contributed by atoms with Gasteiger partial charge in [-0.1, -0.05) is 24.3 Å². The number of pyridine rings is 1. The molecule has 1 unspecified atom stereocenters. The maximum absolute atomic E-state index is 14.0. The Kier molecular flexibility index (Phi) is 17.5. The third-order valence-corrected chi connectivity index (χ3v) is 12.2. The zero-order chi connectivity index (χ0) is 52.9. The van der Waals surface area contributed by atoms with Gasteiger partial charge in [-0.3, -0.25) is 24.2 Å². The van der Waals surface area contributed by atoms with Crippen molar-refractivity contribution in [2.75, 3.05) is 56.3 Å². The Hall–Kier alpha value is -8.45. The lowest BCUT2D eigenvalue weighted by molar-refractivity contribution is -0.645. The van der Waals surface area contributed by atoms with Crippen LogP contribution in [0.5, 0.6) is 5.75 Å². The molecule has 8 N–H and O–H groups in total. The Bertz CT molecular complexity index is 3350. The van der Waals surface area contributed by atoms with Crippen LogP contribution in [-0.4, -0.2) is 119 Å². The van der Waals surface area contributed by atoms with E-state index in [0.29, 0.717) is 61.2 Å². The summed E-state index contributed by atoms with van der Waals surface area (Å²) in [5.41, 5.74) is 9.41. The molecular weight excluding hydrogens is 981 g/mol. The number of benzene rings is 4. The standard InChI is InChI=1S/C50H52N10O13S/c1-29-24-32(25-30(2)43(29)73-49(67)41-35-8-3-5-10-38(35)60(18-7-23-74(68,69)70)39-11-6-4-9-36(39)41)45(62)53-17-20-72-22-21-71-19-16-52-40(61)26-37(48(65)66)57-46(63)31-12-14-33(15-13-31)54-27-34-28-55-44-42(56-34)47(64)59-50(51)58-44/h3-6,8-15,24-25,28,37H,7,16-23,26-27H2,1-2H3,(H8-,51,52,53,54,55,57,58,59,61,62,63,64,65,66,68,69,70). The summed E-state index contributed by atoms with van der Waals surface area (Å²) in [6.45, 7) is 4.72. The summed E-state index contributed by atoms with van der Waals surface area (Å²) >= 11 is 0. The van der Waals surface area contributed by atoms with Crippen LogP contribution in [-0.2, 0) is 42.3 Å². The number of carboxylic acids is 1. The predicted octanol–water partition coefficient (Wildman–Crippen LogP) is 2.43. The number of amides is 3. The molecule has 4 aromatic carbocycles. The monoisotopic (exact) mass is 1030 g/mol. The van der Waals surface area contributed by atoms with Crippen LogP contribution in [0.15, 0.2) is 95.9 Å². The minimum atomic E-state index is -4.41. The first-order valence-electron chi connectivity index (χ1n) is 23.2. The lowest BCUT2D eigenvalue weighted by Crippen LogP contribution is -2.44. The van der Waals surface area contributed by atoms with Crippen molar-refractivity contribution in [1.82, 2.24) is 35.9 Å². The number of anilines is 2. The fourth-order valence-electron chi connectivity index (χ4n) is 7.97. The van der Waals surface area contributed by atoms with E-state index in [1.807, 2.05) is 16.7 Å². The summed E-state index contributed by atoms with van der Waals surface area (Å²) < 4.78 is 53.0. The van der Waals surface area contributed by atoms with Crippen LogP contribution in [0.2, 0.25) is 0 Å². The number of ether oxygens (including phenoxy) is 3. The number of nitrogens with two attached hydrogens (primary N) is 1. The van der Waals surface area contributed by atoms with Gasteiger partial charge < -0.3 is 50.9 Å². The van der Waals surface area contributed by atoms with E-state index in [-0.39, 0.29) is 87.6 Å². The quantitative estimate of drug-likeness (QED) is 0.0114. The Labute approximate surface area is 422 Å². The number of fused-ring (bicyclic) bond motifs is 3. The average molecular weight is 1030 g/mol. The van der Waals surface area contributed by atoms with Gasteiger partial charge in [0, 0.05) is 54.2 Å². The zero-order valence-corrected chi connectivity index (χ0v) is 41.0. The van der Waals surface area contributed by atoms with Crippen LogP contribution < -0.4 is 41.9 Å². The summed E-state index contributed by atoms with van der Waals surface area (Å²) in [6.07, 6.45) is 1.00. The van der Waals surface area contributed by atoms with E-state index < -0.39 is 57.6 Å². The molecule has 0 radical (unpaired) electrons.